The lowest BCUT2D eigenvalue weighted by atomic mass is 9.75. The van der Waals surface area contributed by atoms with Crippen LogP contribution in [0, 0.1) is 0 Å². The predicted octanol–water partition coefficient (Wildman–Crippen LogP) is 2.31. The standard InChI is InChI=1S/C15H22N2O2/c1-16(2)15(8-5-9-15)11-17(3)13-7-4-6-12(10-13)14(18)19/h4,6-7,10H,5,8-9,11H2,1-3H3,(H,18,19). The molecular formula is C15H22N2O2. The lowest BCUT2D eigenvalue weighted by molar-refractivity contribution is 0.0682. The van der Waals surface area contributed by atoms with Crippen molar-refractivity contribution in [3.05, 3.63) is 29.8 Å². The van der Waals surface area contributed by atoms with Gasteiger partial charge in [-0.15, -0.1) is 0 Å². The fourth-order valence-electron chi connectivity index (χ4n) is 2.74. The van der Waals surface area contributed by atoms with Crippen LogP contribution in [0.25, 0.3) is 0 Å². The molecule has 0 saturated heterocycles. The van der Waals surface area contributed by atoms with E-state index in [1.807, 2.05) is 13.1 Å². The van der Waals surface area contributed by atoms with Crippen LogP contribution in [0.4, 0.5) is 5.69 Å². The number of hydrogen-bond acceptors (Lipinski definition) is 3. The summed E-state index contributed by atoms with van der Waals surface area (Å²) in [4.78, 5) is 15.5. The molecule has 1 N–H and O–H groups in total. The van der Waals surface area contributed by atoms with Crippen LogP contribution in [-0.2, 0) is 0 Å². The Kier molecular flexibility index (Phi) is 3.80. The topological polar surface area (TPSA) is 43.8 Å². The number of likely N-dealkylation sites (N-methyl/N-ethyl adjacent to an activating group) is 2. The first-order valence-corrected chi connectivity index (χ1v) is 6.66. The molecule has 1 aromatic carbocycles. The highest BCUT2D eigenvalue weighted by molar-refractivity contribution is 5.88. The monoisotopic (exact) mass is 262 g/mol. The molecule has 0 spiro atoms. The smallest absolute Gasteiger partial charge is 0.335 e. The van der Waals surface area contributed by atoms with Gasteiger partial charge in [0.25, 0.3) is 0 Å². The van der Waals surface area contributed by atoms with Gasteiger partial charge in [0.15, 0.2) is 0 Å². The van der Waals surface area contributed by atoms with E-state index in [9.17, 15) is 4.79 Å². The molecule has 0 atom stereocenters. The molecule has 1 saturated carbocycles. The van der Waals surface area contributed by atoms with E-state index in [4.69, 9.17) is 5.11 Å². The molecule has 104 valence electrons. The summed E-state index contributed by atoms with van der Waals surface area (Å²) in [5.74, 6) is -0.874. The summed E-state index contributed by atoms with van der Waals surface area (Å²) in [6, 6.07) is 7.14. The summed E-state index contributed by atoms with van der Waals surface area (Å²) in [6.07, 6.45) is 3.70. The molecule has 4 nitrogen and oxygen atoms in total. The second-order valence-corrected chi connectivity index (χ2v) is 5.68. The van der Waals surface area contributed by atoms with Gasteiger partial charge >= 0.3 is 5.97 Å². The highest BCUT2D eigenvalue weighted by Gasteiger charge is 2.39. The van der Waals surface area contributed by atoms with Crippen LogP contribution in [0.5, 0.6) is 0 Å². The fraction of sp³-hybridized carbons (Fsp3) is 0.533. The number of carboxylic acids is 1. The van der Waals surface area contributed by atoms with E-state index in [0.29, 0.717) is 5.56 Å². The minimum absolute atomic E-state index is 0.244. The first kappa shape index (κ1) is 13.9. The molecule has 0 unspecified atom stereocenters. The van der Waals surface area contributed by atoms with Crippen LogP contribution >= 0.6 is 0 Å². The Balaban J connectivity index is 2.13. The van der Waals surface area contributed by atoms with Gasteiger partial charge in [-0.05, 0) is 51.6 Å². The molecule has 1 aromatic rings. The number of nitrogens with zero attached hydrogens (tertiary/aromatic N) is 2. The van der Waals surface area contributed by atoms with E-state index in [1.165, 1.54) is 19.3 Å². The molecular weight excluding hydrogens is 240 g/mol. The average molecular weight is 262 g/mol. The summed E-state index contributed by atoms with van der Waals surface area (Å²) in [6.45, 7) is 0.934. The maximum absolute atomic E-state index is 11.0. The first-order chi connectivity index (χ1) is 8.94. The van der Waals surface area contributed by atoms with Gasteiger partial charge in [-0.1, -0.05) is 6.07 Å². The van der Waals surface area contributed by atoms with Crippen LogP contribution in [0.3, 0.4) is 0 Å². The van der Waals surface area contributed by atoms with Crippen molar-refractivity contribution >= 4 is 11.7 Å². The van der Waals surface area contributed by atoms with Crippen LogP contribution in [0.2, 0.25) is 0 Å². The summed E-state index contributed by atoms with van der Waals surface area (Å²) in [7, 11) is 6.28. The zero-order valence-corrected chi connectivity index (χ0v) is 11.9. The number of benzene rings is 1. The third-order valence-electron chi connectivity index (χ3n) is 4.30. The van der Waals surface area contributed by atoms with Crippen LogP contribution in [-0.4, -0.2) is 49.2 Å². The van der Waals surface area contributed by atoms with Crippen molar-refractivity contribution in [2.45, 2.75) is 24.8 Å². The summed E-state index contributed by atoms with van der Waals surface area (Å²) < 4.78 is 0. The highest BCUT2D eigenvalue weighted by atomic mass is 16.4. The Labute approximate surface area is 114 Å². The largest absolute Gasteiger partial charge is 0.478 e. The van der Waals surface area contributed by atoms with Crippen molar-refractivity contribution in [3.63, 3.8) is 0 Å². The predicted molar refractivity (Wildman–Crippen MR) is 76.9 cm³/mol. The molecule has 0 aliphatic heterocycles. The normalized spacial score (nSPS) is 17.1. The second-order valence-electron chi connectivity index (χ2n) is 5.68. The molecule has 0 aromatic heterocycles. The molecule has 4 heteroatoms. The number of carboxylic acid groups (broad SMARTS) is 1. The molecule has 2 rings (SSSR count). The SMILES string of the molecule is CN(CC1(N(C)C)CCC1)c1cccc(C(=O)O)c1. The van der Waals surface area contributed by atoms with Crippen molar-refractivity contribution in [2.24, 2.45) is 0 Å². The van der Waals surface area contributed by atoms with Crippen LogP contribution in [0.1, 0.15) is 29.6 Å². The van der Waals surface area contributed by atoms with Crippen molar-refractivity contribution in [3.8, 4) is 0 Å². The quantitative estimate of drug-likeness (QED) is 0.884. The fourth-order valence-corrected chi connectivity index (χ4v) is 2.74. The van der Waals surface area contributed by atoms with Gasteiger partial charge in [0.2, 0.25) is 0 Å². The maximum Gasteiger partial charge on any atom is 0.335 e. The van der Waals surface area contributed by atoms with Crippen LogP contribution < -0.4 is 4.90 Å². The van der Waals surface area contributed by atoms with Gasteiger partial charge in [-0.2, -0.15) is 0 Å². The van der Waals surface area contributed by atoms with E-state index >= 15 is 0 Å². The zero-order valence-electron chi connectivity index (χ0n) is 11.9. The third kappa shape index (κ3) is 2.73. The minimum Gasteiger partial charge on any atom is -0.478 e. The Morgan fingerprint density at radius 3 is 2.47 bits per heavy atom. The first-order valence-electron chi connectivity index (χ1n) is 6.66. The number of anilines is 1. The summed E-state index contributed by atoms with van der Waals surface area (Å²) in [5, 5.41) is 9.04. The van der Waals surface area contributed by atoms with E-state index < -0.39 is 5.97 Å². The van der Waals surface area contributed by atoms with Crippen molar-refractivity contribution in [2.75, 3.05) is 32.6 Å². The molecule has 1 fully saturated rings. The molecule has 0 heterocycles. The lowest BCUT2D eigenvalue weighted by Gasteiger charge is -2.49. The van der Waals surface area contributed by atoms with Crippen molar-refractivity contribution in [1.29, 1.82) is 0 Å². The Hall–Kier alpha value is -1.55. The summed E-state index contributed by atoms with van der Waals surface area (Å²) in [5.41, 5.74) is 1.55. The van der Waals surface area contributed by atoms with Gasteiger partial charge in [-0.3, -0.25) is 0 Å². The average Bonchev–Trinajstić information content (AvgIpc) is 2.33. The maximum atomic E-state index is 11.0. The highest BCUT2D eigenvalue weighted by Crippen LogP contribution is 2.37. The summed E-state index contributed by atoms with van der Waals surface area (Å²) >= 11 is 0. The van der Waals surface area contributed by atoms with Gasteiger partial charge < -0.3 is 14.9 Å². The number of rotatable bonds is 5. The van der Waals surface area contributed by atoms with E-state index in [-0.39, 0.29) is 5.54 Å². The second kappa shape index (κ2) is 5.21. The molecule has 19 heavy (non-hydrogen) atoms. The van der Waals surface area contributed by atoms with Gasteiger partial charge in [0, 0.05) is 24.8 Å². The van der Waals surface area contributed by atoms with E-state index in [0.717, 1.165) is 12.2 Å². The minimum atomic E-state index is -0.874. The number of hydrogen-bond donors (Lipinski definition) is 1. The molecule has 1 aliphatic rings. The molecule has 0 radical (unpaired) electrons. The van der Waals surface area contributed by atoms with E-state index in [2.05, 4.69) is 23.9 Å². The van der Waals surface area contributed by atoms with Gasteiger partial charge in [-0.25, -0.2) is 4.79 Å². The van der Waals surface area contributed by atoms with Crippen LogP contribution in [0.15, 0.2) is 24.3 Å². The Morgan fingerprint density at radius 1 is 1.32 bits per heavy atom. The van der Waals surface area contributed by atoms with Gasteiger partial charge in [0.1, 0.15) is 0 Å². The Bertz CT molecular complexity index is 467. The molecule has 1 aliphatic carbocycles. The molecule has 0 amide bonds. The number of carbonyl (C=O) groups is 1. The van der Waals surface area contributed by atoms with Crippen molar-refractivity contribution < 1.29 is 9.90 Å². The van der Waals surface area contributed by atoms with Crippen molar-refractivity contribution in [1.82, 2.24) is 4.90 Å². The third-order valence-corrected chi connectivity index (χ3v) is 4.30. The molecule has 0 bridgehead atoms. The lowest BCUT2D eigenvalue weighted by Crippen LogP contribution is -2.56. The van der Waals surface area contributed by atoms with E-state index in [1.54, 1.807) is 18.2 Å². The van der Waals surface area contributed by atoms with Gasteiger partial charge in [0.05, 0.1) is 5.56 Å². The number of aromatic carboxylic acids is 1. The Morgan fingerprint density at radius 2 is 2.00 bits per heavy atom. The zero-order chi connectivity index (χ0) is 14.0.